The normalized spacial score (nSPS) is 23.2. The van der Waals surface area contributed by atoms with Crippen LogP contribution in [0, 0.1) is 5.82 Å². The quantitative estimate of drug-likeness (QED) is 0.810. The lowest BCUT2D eigenvalue weighted by atomic mass is 9.99. The molecule has 0 radical (unpaired) electrons. The van der Waals surface area contributed by atoms with Crippen LogP contribution in [0.3, 0.4) is 0 Å². The molecule has 1 unspecified atom stereocenters. The second-order valence-electron chi connectivity index (χ2n) is 6.33. The molecule has 1 aromatic rings. The van der Waals surface area contributed by atoms with Gasteiger partial charge in [-0.3, -0.25) is 4.79 Å². The lowest BCUT2D eigenvalue weighted by molar-refractivity contribution is -0.896. The highest BCUT2D eigenvalue weighted by atomic mass is 19.1. The van der Waals surface area contributed by atoms with Gasteiger partial charge >= 0.3 is 6.09 Å². The van der Waals surface area contributed by atoms with Crippen molar-refractivity contribution in [1.82, 2.24) is 0 Å². The molecule has 0 bridgehead atoms. The van der Waals surface area contributed by atoms with Crippen molar-refractivity contribution in [3.05, 3.63) is 30.1 Å². The van der Waals surface area contributed by atoms with E-state index in [2.05, 4.69) is 0 Å². The molecular formula is C15H20FN2O3+. The molecule has 21 heavy (non-hydrogen) atoms. The Bertz CT molecular complexity index is 583. The van der Waals surface area contributed by atoms with Gasteiger partial charge in [0.05, 0.1) is 6.54 Å². The van der Waals surface area contributed by atoms with Crippen LogP contribution in [-0.4, -0.2) is 46.8 Å². The van der Waals surface area contributed by atoms with Crippen LogP contribution in [0.4, 0.5) is 14.9 Å². The Hall–Kier alpha value is -1.95. The van der Waals surface area contributed by atoms with E-state index in [9.17, 15) is 19.1 Å². The van der Waals surface area contributed by atoms with Crippen molar-refractivity contribution in [2.24, 2.45) is 0 Å². The van der Waals surface area contributed by atoms with Gasteiger partial charge < -0.3 is 10.0 Å². The SMILES string of the molecule is CC(C)(C)[N+]1(C(=O)O)CCN(c2cccc(F)c2)C(=O)C1. The number of hydrogen-bond donors (Lipinski definition) is 1. The minimum atomic E-state index is -1.00. The van der Waals surface area contributed by atoms with Gasteiger partial charge in [-0.25, -0.2) is 8.87 Å². The van der Waals surface area contributed by atoms with Crippen molar-refractivity contribution in [2.75, 3.05) is 24.5 Å². The first kappa shape index (κ1) is 15.4. The molecule has 0 spiro atoms. The molecular weight excluding hydrogens is 275 g/mol. The molecule has 2 amide bonds. The van der Waals surface area contributed by atoms with Crippen LogP contribution in [0.2, 0.25) is 0 Å². The number of benzene rings is 1. The standard InChI is InChI=1S/C15H19FN2O3/c1-15(2,3)18(14(20)21)8-7-17(13(19)10-18)12-6-4-5-11(16)9-12/h4-6,9H,7-8,10H2,1-3H3/p+1. The molecule has 1 fully saturated rings. The number of piperazine rings is 1. The Morgan fingerprint density at radius 3 is 2.52 bits per heavy atom. The number of amides is 2. The van der Waals surface area contributed by atoms with Crippen molar-refractivity contribution in [1.29, 1.82) is 0 Å². The predicted octanol–water partition coefficient (Wildman–Crippen LogP) is 2.47. The topological polar surface area (TPSA) is 57.6 Å². The van der Waals surface area contributed by atoms with E-state index in [0.717, 1.165) is 0 Å². The van der Waals surface area contributed by atoms with Gasteiger partial charge in [-0.05, 0) is 39.0 Å². The van der Waals surface area contributed by atoms with E-state index < -0.39 is 17.4 Å². The Morgan fingerprint density at radius 1 is 1.38 bits per heavy atom. The molecule has 0 aromatic heterocycles. The summed E-state index contributed by atoms with van der Waals surface area (Å²) in [6, 6.07) is 5.79. The molecule has 1 aliphatic heterocycles. The number of halogens is 1. The minimum absolute atomic E-state index is 0.130. The first-order valence-corrected chi connectivity index (χ1v) is 6.84. The fraction of sp³-hybridized carbons (Fsp3) is 0.467. The van der Waals surface area contributed by atoms with Gasteiger partial charge in [0.2, 0.25) is 0 Å². The number of anilines is 1. The number of nitrogens with zero attached hydrogens (tertiary/aromatic N) is 2. The molecule has 0 saturated carbocycles. The first-order valence-electron chi connectivity index (χ1n) is 6.84. The number of carbonyl (C=O) groups excluding carboxylic acids is 1. The van der Waals surface area contributed by atoms with Gasteiger partial charge in [0.1, 0.15) is 17.9 Å². The van der Waals surface area contributed by atoms with Gasteiger partial charge in [-0.2, -0.15) is 4.79 Å². The van der Waals surface area contributed by atoms with Gasteiger partial charge in [-0.1, -0.05) is 6.07 Å². The van der Waals surface area contributed by atoms with Crippen LogP contribution in [0.25, 0.3) is 0 Å². The smallest absolute Gasteiger partial charge is 0.435 e. The third kappa shape index (κ3) is 2.63. The molecule has 2 rings (SSSR count). The predicted molar refractivity (Wildman–Crippen MR) is 76.5 cm³/mol. The Balaban J connectivity index is 2.30. The highest BCUT2D eigenvalue weighted by molar-refractivity contribution is 5.95. The monoisotopic (exact) mass is 295 g/mol. The van der Waals surface area contributed by atoms with E-state index in [1.54, 1.807) is 6.07 Å². The fourth-order valence-electron chi connectivity index (χ4n) is 2.73. The Morgan fingerprint density at radius 2 is 2.05 bits per heavy atom. The lowest BCUT2D eigenvalue weighted by Gasteiger charge is -2.47. The molecule has 6 heteroatoms. The first-order chi connectivity index (χ1) is 9.67. The summed E-state index contributed by atoms with van der Waals surface area (Å²) in [6.45, 7) is 5.85. The highest BCUT2D eigenvalue weighted by Gasteiger charge is 2.52. The molecule has 1 N–H and O–H groups in total. The third-order valence-corrected chi connectivity index (χ3v) is 4.18. The lowest BCUT2D eigenvalue weighted by Crippen LogP contribution is -2.71. The zero-order valence-corrected chi connectivity index (χ0v) is 12.5. The zero-order valence-electron chi connectivity index (χ0n) is 12.5. The van der Waals surface area contributed by atoms with Crippen molar-refractivity contribution in [3.63, 3.8) is 0 Å². The van der Waals surface area contributed by atoms with Crippen molar-refractivity contribution in [2.45, 2.75) is 26.3 Å². The van der Waals surface area contributed by atoms with E-state index in [-0.39, 0.29) is 23.5 Å². The summed E-state index contributed by atoms with van der Waals surface area (Å²) in [4.78, 5) is 25.6. The highest BCUT2D eigenvalue weighted by Crippen LogP contribution is 2.30. The van der Waals surface area contributed by atoms with Crippen LogP contribution in [0.15, 0.2) is 24.3 Å². The molecule has 0 aliphatic carbocycles. The summed E-state index contributed by atoms with van der Waals surface area (Å²) in [6.07, 6.45) is -1.00. The molecule has 1 atom stereocenters. The number of rotatable bonds is 1. The zero-order chi connectivity index (χ0) is 15.8. The summed E-state index contributed by atoms with van der Waals surface area (Å²) >= 11 is 0. The molecule has 114 valence electrons. The largest absolute Gasteiger partial charge is 0.514 e. The number of quaternary nitrogens is 1. The summed E-state index contributed by atoms with van der Waals surface area (Å²) < 4.78 is 13.0. The van der Waals surface area contributed by atoms with E-state index in [0.29, 0.717) is 12.2 Å². The maximum atomic E-state index is 13.3. The number of carboxylic acid groups (broad SMARTS) is 1. The number of carbonyl (C=O) groups is 2. The maximum absolute atomic E-state index is 13.3. The fourth-order valence-corrected chi connectivity index (χ4v) is 2.73. The van der Waals surface area contributed by atoms with Gasteiger partial charge in [0.15, 0.2) is 6.54 Å². The van der Waals surface area contributed by atoms with Gasteiger partial charge in [0, 0.05) is 5.69 Å². The average molecular weight is 295 g/mol. The Labute approximate surface area is 123 Å². The Kier molecular flexibility index (Phi) is 3.76. The van der Waals surface area contributed by atoms with E-state index in [4.69, 9.17) is 0 Å². The molecule has 1 aliphatic rings. The van der Waals surface area contributed by atoms with Gasteiger partial charge in [-0.15, -0.1) is 0 Å². The van der Waals surface area contributed by atoms with Crippen LogP contribution >= 0.6 is 0 Å². The summed E-state index contributed by atoms with van der Waals surface area (Å²) in [5.74, 6) is -0.718. The maximum Gasteiger partial charge on any atom is 0.514 e. The van der Waals surface area contributed by atoms with E-state index >= 15 is 0 Å². The molecule has 1 aromatic carbocycles. The van der Waals surface area contributed by atoms with Crippen molar-refractivity contribution in [3.8, 4) is 0 Å². The molecule has 1 heterocycles. The van der Waals surface area contributed by atoms with Crippen molar-refractivity contribution < 1.29 is 23.6 Å². The minimum Gasteiger partial charge on any atom is -0.435 e. The summed E-state index contributed by atoms with van der Waals surface area (Å²) in [5.41, 5.74) is -0.118. The number of hydrogen-bond acceptors (Lipinski definition) is 2. The third-order valence-electron chi connectivity index (χ3n) is 4.18. The van der Waals surface area contributed by atoms with Crippen LogP contribution in [-0.2, 0) is 4.79 Å². The van der Waals surface area contributed by atoms with E-state index in [1.165, 1.54) is 23.1 Å². The van der Waals surface area contributed by atoms with Gasteiger partial charge in [0.25, 0.3) is 5.91 Å². The summed E-state index contributed by atoms with van der Waals surface area (Å²) in [7, 11) is 0. The van der Waals surface area contributed by atoms with E-state index in [1.807, 2.05) is 20.8 Å². The summed E-state index contributed by atoms with van der Waals surface area (Å²) in [5, 5.41) is 9.58. The second kappa shape index (κ2) is 5.11. The van der Waals surface area contributed by atoms with Crippen LogP contribution < -0.4 is 4.90 Å². The van der Waals surface area contributed by atoms with Crippen molar-refractivity contribution >= 4 is 17.7 Å². The van der Waals surface area contributed by atoms with Crippen LogP contribution in [0.5, 0.6) is 0 Å². The van der Waals surface area contributed by atoms with Crippen LogP contribution in [0.1, 0.15) is 20.8 Å². The molecule has 5 nitrogen and oxygen atoms in total. The second-order valence-corrected chi connectivity index (χ2v) is 6.33. The average Bonchev–Trinajstić information content (AvgIpc) is 2.36. The molecule has 1 saturated heterocycles.